The van der Waals surface area contributed by atoms with E-state index in [1.54, 1.807) is 6.07 Å². The van der Waals surface area contributed by atoms with Gasteiger partial charge in [-0.3, -0.25) is 9.59 Å². The van der Waals surface area contributed by atoms with Crippen LogP contribution in [0.4, 0.5) is 0 Å². The van der Waals surface area contributed by atoms with Crippen LogP contribution >= 0.6 is 11.8 Å². The van der Waals surface area contributed by atoms with E-state index in [1.807, 2.05) is 19.1 Å². The standard InChI is InChI=1S/C13H14O2S/c1-4-10-8-11(12(15)5-2)6-7-13(10)16-9(3)14/h5-8H,2,4H2,1,3H3. The SMILES string of the molecule is C=CC(=O)c1ccc(SC(C)=O)c(CC)c1. The van der Waals surface area contributed by atoms with Gasteiger partial charge in [-0.25, -0.2) is 0 Å². The maximum Gasteiger partial charge on any atom is 0.190 e. The summed E-state index contributed by atoms with van der Waals surface area (Å²) in [7, 11) is 0. The Bertz CT molecular complexity index is 436. The number of hydrogen-bond donors (Lipinski definition) is 0. The molecule has 0 unspecified atom stereocenters. The molecule has 0 atom stereocenters. The molecule has 1 aromatic carbocycles. The molecular formula is C13H14O2S. The largest absolute Gasteiger partial charge is 0.289 e. The van der Waals surface area contributed by atoms with Gasteiger partial charge in [-0.05, 0) is 36.3 Å². The molecule has 0 radical (unpaired) electrons. The fourth-order valence-corrected chi connectivity index (χ4v) is 2.16. The predicted octanol–water partition coefficient (Wildman–Crippen LogP) is 3.26. The molecule has 84 valence electrons. The van der Waals surface area contributed by atoms with E-state index in [1.165, 1.54) is 24.8 Å². The zero-order valence-electron chi connectivity index (χ0n) is 9.45. The number of rotatable bonds is 4. The fraction of sp³-hybridized carbons (Fsp3) is 0.231. The van der Waals surface area contributed by atoms with Crippen LogP contribution < -0.4 is 0 Å². The maximum absolute atomic E-state index is 11.4. The van der Waals surface area contributed by atoms with Gasteiger partial charge in [-0.1, -0.05) is 25.3 Å². The third-order valence-electron chi connectivity index (χ3n) is 2.16. The predicted molar refractivity (Wildman–Crippen MR) is 66.9 cm³/mol. The number of carbonyl (C=O) groups excluding carboxylic acids is 2. The minimum absolute atomic E-state index is 0.0532. The van der Waals surface area contributed by atoms with Gasteiger partial charge in [0, 0.05) is 17.4 Å². The summed E-state index contributed by atoms with van der Waals surface area (Å²) in [6.07, 6.45) is 2.10. The third kappa shape index (κ3) is 3.07. The highest BCUT2D eigenvalue weighted by Crippen LogP contribution is 2.25. The monoisotopic (exact) mass is 234 g/mol. The molecule has 0 amide bonds. The highest BCUT2D eigenvalue weighted by Gasteiger charge is 2.08. The Morgan fingerprint density at radius 1 is 1.44 bits per heavy atom. The molecule has 16 heavy (non-hydrogen) atoms. The van der Waals surface area contributed by atoms with Gasteiger partial charge in [0.2, 0.25) is 0 Å². The highest BCUT2D eigenvalue weighted by molar-refractivity contribution is 8.13. The lowest BCUT2D eigenvalue weighted by atomic mass is 10.1. The van der Waals surface area contributed by atoms with E-state index >= 15 is 0 Å². The van der Waals surface area contributed by atoms with Crippen molar-refractivity contribution in [2.24, 2.45) is 0 Å². The van der Waals surface area contributed by atoms with E-state index in [9.17, 15) is 9.59 Å². The topological polar surface area (TPSA) is 34.1 Å². The van der Waals surface area contributed by atoms with Gasteiger partial charge in [0.1, 0.15) is 0 Å². The number of benzene rings is 1. The van der Waals surface area contributed by atoms with Crippen LogP contribution in [0.2, 0.25) is 0 Å². The summed E-state index contributed by atoms with van der Waals surface area (Å²) in [4.78, 5) is 23.4. The van der Waals surface area contributed by atoms with Gasteiger partial charge in [0.25, 0.3) is 0 Å². The van der Waals surface area contributed by atoms with Gasteiger partial charge in [-0.2, -0.15) is 0 Å². The molecular weight excluding hydrogens is 220 g/mol. The summed E-state index contributed by atoms with van der Waals surface area (Å²) in [6, 6.07) is 5.38. The zero-order valence-corrected chi connectivity index (χ0v) is 10.3. The van der Waals surface area contributed by atoms with Crippen molar-refractivity contribution < 1.29 is 9.59 Å². The lowest BCUT2D eigenvalue weighted by Gasteiger charge is -2.07. The zero-order chi connectivity index (χ0) is 12.1. The number of hydrogen-bond acceptors (Lipinski definition) is 3. The molecule has 0 aliphatic carbocycles. The molecule has 3 heteroatoms. The molecule has 0 aliphatic heterocycles. The summed E-state index contributed by atoms with van der Waals surface area (Å²) in [5.74, 6) is -0.0888. The number of aryl methyl sites for hydroxylation is 1. The molecule has 2 nitrogen and oxygen atoms in total. The van der Waals surface area contributed by atoms with Crippen molar-refractivity contribution in [3.8, 4) is 0 Å². The average molecular weight is 234 g/mol. The Kier molecular flexibility index (Phi) is 4.50. The van der Waals surface area contributed by atoms with E-state index in [2.05, 4.69) is 6.58 Å². The van der Waals surface area contributed by atoms with Crippen molar-refractivity contribution >= 4 is 22.7 Å². The van der Waals surface area contributed by atoms with Crippen LogP contribution in [0.25, 0.3) is 0 Å². The molecule has 0 saturated heterocycles. The van der Waals surface area contributed by atoms with Crippen LogP contribution in [0.3, 0.4) is 0 Å². The first-order valence-electron chi connectivity index (χ1n) is 5.06. The van der Waals surface area contributed by atoms with Crippen LogP contribution in [-0.4, -0.2) is 10.9 Å². The Hall–Kier alpha value is -1.35. The Labute approximate surface area is 99.7 Å². The molecule has 0 heterocycles. The maximum atomic E-state index is 11.4. The minimum atomic E-state index is -0.0888. The van der Waals surface area contributed by atoms with Crippen LogP contribution in [0.5, 0.6) is 0 Å². The quantitative estimate of drug-likeness (QED) is 0.455. The Morgan fingerprint density at radius 3 is 2.62 bits per heavy atom. The van der Waals surface area contributed by atoms with Crippen molar-refractivity contribution in [1.29, 1.82) is 0 Å². The van der Waals surface area contributed by atoms with Crippen molar-refractivity contribution in [3.05, 3.63) is 42.0 Å². The van der Waals surface area contributed by atoms with Crippen LogP contribution in [0.1, 0.15) is 29.8 Å². The molecule has 0 fully saturated rings. The van der Waals surface area contributed by atoms with Gasteiger partial charge >= 0.3 is 0 Å². The first-order chi connectivity index (χ1) is 7.58. The Balaban J connectivity index is 3.10. The molecule has 0 saturated carbocycles. The van der Waals surface area contributed by atoms with Gasteiger partial charge in [0.05, 0.1) is 0 Å². The normalized spacial score (nSPS) is 9.88. The number of thioether (sulfide) groups is 1. The van der Waals surface area contributed by atoms with E-state index in [4.69, 9.17) is 0 Å². The first-order valence-corrected chi connectivity index (χ1v) is 5.88. The molecule has 0 aromatic heterocycles. The molecule has 1 rings (SSSR count). The van der Waals surface area contributed by atoms with E-state index in [0.717, 1.165) is 16.9 Å². The van der Waals surface area contributed by atoms with Crippen LogP contribution in [0, 0.1) is 0 Å². The number of carbonyl (C=O) groups is 2. The Morgan fingerprint density at radius 2 is 2.12 bits per heavy atom. The molecule has 0 spiro atoms. The minimum Gasteiger partial charge on any atom is -0.289 e. The van der Waals surface area contributed by atoms with E-state index < -0.39 is 0 Å². The van der Waals surface area contributed by atoms with Gasteiger partial charge in [0.15, 0.2) is 10.9 Å². The molecule has 0 aliphatic rings. The van der Waals surface area contributed by atoms with Crippen LogP contribution in [-0.2, 0) is 11.2 Å². The van der Waals surface area contributed by atoms with E-state index in [-0.39, 0.29) is 10.9 Å². The second-order valence-corrected chi connectivity index (χ2v) is 4.56. The van der Waals surface area contributed by atoms with Crippen molar-refractivity contribution in [3.63, 3.8) is 0 Å². The molecule has 0 N–H and O–H groups in total. The van der Waals surface area contributed by atoms with Gasteiger partial charge in [-0.15, -0.1) is 0 Å². The summed E-state index contributed by atoms with van der Waals surface area (Å²) in [6.45, 7) is 6.99. The third-order valence-corrected chi connectivity index (χ3v) is 3.07. The fourth-order valence-electron chi connectivity index (χ4n) is 1.38. The number of allylic oxidation sites excluding steroid dienone is 1. The number of ketones is 1. The van der Waals surface area contributed by atoms with Crippen molar-refractivity contribution in [2.75, 3.05) is 0 Å². The summed E-state index contributed by atoms with van der Waals surface area (Å²) in [5.41, 5.74) is 1.65. The smallest absolute Gasteiger partial charge is 0.190 e. The molecule has 1 aromatic rings. The second kappa shape index (κ2) is 5.66. The lowest BCUT2D eigenvalue weighted by Crippen LogP contribution is -1.97. The average Bonchev–Trinajstić information content (AvgIpc) is 2.27. The summed E-state index contributed by atoms with van der Waals surface area (Å²) >= 11 is 1.20. The first kappa shape index (κ1) is 12.7. The van der Waals surface area contributed by atoms with Crippen LogP contribution in [0.15, 0.2) is 35.7 Å². The summed E-state index contributed by atoms with van der Waals surface area (Å²) < 4.78 is 0. The van der Waals surface area contributed by atoms with Crippen molar-refractivity contribution in [1.82, 2.24) is 0 Å². The van der Waals surface area contributed by atoms with Crippen molar-refractivity contribution in [2.45, 2.75) is 25.2 Å². The summed E-state index contributed by atoms with van der Waals surface area (Å²) in [5, 5.41) is 0.0532. The molecule has 0 bridgehead atoms. The van der Waals surface area contributed by atoms with Gasteiger partial charge < -0.3 is 0 Å². The lowest BCUT2D eigenvalue weighted by molar-refractivity contribution is -0.109. The second-order valence-electron chi connectivity index (χ2n) is 3.34. The van der Waals surface area contributed by atoms with E-state index in [0.29, 0.717) is 5.56 Å². The highest BCUT2D eigenvalue weighted by atomic mass is 32.2.